The van der Waals surface area contributed by atoms with Gasteiger partial charge >= 0.3 is 0 Å². The van der Waals surface area contributed by atoms with Crippen molar-refractivity contribution >= 4 is 23.1 Å². The van der Waals surface area contributed by atoms with Crippen LogP contribution in [0.3, 0.4) is 0 Å². The second-order valence-electron chi connectivity index (χ2n) is 3.48. The normalized spacial score (nSPS) is 14.9. The molecule has 0 unspecified atom stereocenters. The minimum atomic E-state index is -0.587. The number of nitro benzene ring substituents is 1. The minimum absolute atomic E-state index is 0.0836. The van der Waals surface area contributed by atoms with Crippen molar-refractivity contribution in [2.75, 3.05) is 7.11 Å². The standard InChI is InChI=1S/C11H8N2O5/c1-18-12-10(14)6-9(11(12)15)7-2-4-8(5-3-7)13(16)17/h2-6H,1H3. The Bertz CT molecular complexity index is 561. The highest BCUT2D eigenvalue weighted by molar-refractivity contribution is 6.32. The average Bonchev–Trinajstić information content (AvgIpc) is 2.64. The summed E-state index contributed by atoms with van der Waals surface area (Å²) in [5.74, 6) is -1.16. The zero-order chi connectivity index (χ0) is 13.3. The number of nitro groups is 1. The smallest absolute Gasteiger partial charge is 0.267 e. The summed E-state index contributed by atoms with van der Waals surface area (Å²) in [6.07, 6.45) is 1.13. The fourth-order valence-corrected chi connectivity index (χ4v) is 1.60. The minimum Gasteiger partial charge on any atom is -0.267 e. The van der Waals surface area contributed by atoms with Crippen molar-refractivity contribution in [3.63, 3.8) is 0 Å². The van der Waals surface area contributed by atoms with Crippen LogP contribution in [0.4, 0.5) is 5.69 Å². The Morgan fingerprint density at radius 3 is 2.28 bits per heavy atom. The van der Waals surface area contributed by atoms with Gasteiger partial charge in [-0.25, -0.2) is 0 Å². The Morgan fingerprint density at radius 2 is 1.83 bits per heavy atom. The first kappa shape index (κ1) is 11.9. The Hall–Kier alpha value is -2.54. The molecule has 0 atom stereocenters. The summed E-state index contributed by atoms with van der Waals surface area (Å²) in [7, 11) is 1.21. The molecule has 1 heterocycles. The Balaban J connectivity index is 2.33. The van der Waals surface area contributed by atoms with Crippen molar-refractivity contribution in [2.45, 2.75) is 0 Å². The van der Waals surface area contributed by atoms with Gasteiger partial charge in [0.15, 0.2) is 0 Å². The summed E-state index contributed by atoms with van der Waals surface area (Å²) in [4.78, 5) is 37.7. The van der Waals surface area contributed by atoms with E-state index in [1.54, 1.807) is 0 Å². The number of nitrogens with zero attached hydrogens (tertiary/aromatic N) is 2. The molecule has 0 saturated heterocycles. The predicted octanol–water partition coefficient (Wildman–Crippen LogP) is 0.908. The fourth-order valence-electron chi connectivity index (χ4n) is 1.60. The molecule has 2 rings (SSSR count). The van der Waals surface area contributed by atoms with Crippen molar-refractivity contribution in [3.05, 3.63) is 46.0 Å². The zero-order valence-corrected chi connectivity index (χ0v) is 9.32. The van der Waals surface area contributed by atoms with Gasteiger partial charge in [-0.15, -0.1) is 5.06 Å². The SMILES string of the molecule is CON1C(=O)C=C(c2ccc([N+](=O)[O-])cc2)C1=O. The Morgan fingerprint density at radius 1 is 1.22 bits per heavy atom. The molecule has 1 aromatic rings. The van der Waals surface area contributed by atoms with E-state index in [-0.39, 0.29) is 11.3 Å². The fraction of sp³-hybridized carbons (Fsp3) is 0.0909. The van der Waals surface area contributed by atoms with Crippen molar-refractivity contribution < 1.29 is 19.3 Å². The van der Waals surface area contributed by atoms with Crippen LogP contribution >= 0.6 is 0 Å². The first-order valence-corrected chi connectivity index (χ1v) is 4.93. The summed E-state index contributed by atoms with van der Waals surface area (Å²) in [5, 5.41) is 11.1. The lowest BCUT2D eigenvalue weighted by Gasteiger charge is -2.10. The van der Waals surface area contributed by atoms with E-state index < -0.39 is 16.7 Å². The van der Waals surface area contributed by atoms with Gasteiger partial charge in [0.2, 0.25) is 0 Å². The van der Waals surface area contributed by atoms with Gasteiger partial charge in [0.25, 0.3) is 17.5 Å². The van der Waals surface area contributed by atoms with Crippen molar-refractivity contribution in [1.82, 2.24) is 5.06 Å². The number of carbonyl (C=O) groups excluding carboxylic acids is 2. The largest absolute Gasteiger partial charge is 0.285 e. The van der Waals surface area contributed by atoms with Crippen LogP contribution in [0.2, 0.25) is 0 Å². The highest BCUT2D eigenvalue weighted by atomic mass is 16.7. The van der Waals surface area contributed by atoms with Gasteiger partial charge in [0.1, 0.15) is 0 Å². The predicted molar refractivity (Wildman–Crippen MR) is 59.9 cm³/mol. The van der Waals surface area contributed by atoms with Crippen LogP contribution in [0.15, 0.2) is 30.3 Å². The maximum Gasteiger partial charge on any atom is 0.285 e. The zero-order valence-electron chi connectivity index (χ0n) is 9.32. The van der Waals surface area contributed by atoms with Crippen LogP contribution in [0.5, 0.6) is 0 Å². The van der Waals surface area contributed by atoms with E-state index in [0.29, 0.717) is 10.6 Å². The molecule has 1 aliphatic heterocycles. The number of carbonyl (C=O) groups is 2. The van der Waals surface area contributed by atoms with Crippen LogP contribution in [0, 0.1) is 10.1 Å². The molecular weight excluding hydrogens is 240 g/mol. The van der Waals surface area contributed by atoms with Crippen LogP contribution in [-0.2, 0) is 14.4 Å². The van der Waals surface area contributed by atoms with Crippen LogP contribution in [-0.4, -0.2) is 28.9 Å². The molecule has 1 aromatic carbocycles. The number of benzene rings is 1. The van der Waals surface area contributed by atoms with E-state index in [1.807, 2.05) is 0 Å². The summed E-state index contributed by atoms with van der Waals surface area (Å²) >= 11 is 0. The molecule has 0 spiro atoms. The first-order chi connectivity index (χ1) is 8.54. The molecule has 7 heteroatoms. The Labute approximate surface area is 101 Å². The molecule has 0 saturated carbocycles. The number of hydroxylamine groups is 2. The number of hydrogen-bond acceptors (Lipinski definition) is 5. The molecule has 0 fully saturated rings. The Kier molecular flexibility index (Phi) is 2.90. The summed E-state index contributed by atoms with van der Waals surface area (Å²) in [5.41, 5.74) is 0.495. The number of amides is 2. The third-order valence-electron chi connectivity index (χ3n) is 2.45. The van der Waals surface area contributed by atoms with E-state index >= 15 is 0 Å². The number of rotatable bonds is 3. The second-order valence-corrected chi connectivity index (χ2v) is 3.48. The quantitative estimate of drug-likeness (QED) is 0.450. The van der Waals surface area contributed by atoms with E-state index in [9.17, 15) is 19.7 Å². The maximum absolute atomic E-state index is 11.7. The van der Waals surface area contributed by atoms with Crippen molar-refractivity contribution in [2.24, 2.45) is 0 Å². The molecule has 2 amide bonds. The van der Waals surface area contributed by atoms with Gasteiger partial charge in [-0.05, 0) is 17.7 Å². The summed E-state index contributed by atoms with van der Waals surface area (Å²) in [6, 6.07) is 5.36. The molecule has 1 aliphatic rings. The van der Waals surface area contributed by atoms with E-state index in [2.05, 4.69) is 4.84 Å². The van der Waals surface area contributed by atoms with E-state index in [0.717, 1.165) is 6.08 Å². The lowest BCUT2D eigenvalue weighted by molar-refractivity contribution is -0.384. The monoisotopic (exact) mass is 248 g/mol. The molecule has 0 aromatic heterocycles. The summed E-state index contributed by atoms with van der Waals surface area (Å²) in [6.45, 7) is 0. The van der Waals surface area contributed by atoms with Crippen molar-refractivity contribution in [1.29, 1.82) is 0 Å². The number of non-ortho nitro benzene ring substituents is 1. The highest BCUT2D eigenvalue weighted by Crippen LogP contribution is 2.25. The third-order valence-corrected chi connectivity index (χ3v) is 2.45. The average molecular weight is 248 g/mol. The lowest BCUT2D eigenvalue weighted by Crippen LogP contribution is -2.29. The van der Waals surface area contributed by atoms with Crippen LogP contribution in [0.25, 0.3) is 5.57 Å². The molecule has 0 aliphatic carbocycles. The van der Waals surface area contributed by atoms with Gasteiger partial charge in [-0.2, -0.15) is 0 Å². The molecular formula is C11H8N2O5. The lowest BCUT2D eigenvalue weighted by atomic mass is 10.1. The van der Waals surface area contributed by atoms with Gasteiger partial charge < -0.3 is 0 Å². The molecule has 0 bridgehead atoms. The van der Waals surface area contributed by atoms with Crippen LogP contribution in [0.1, 0.15) is 5.56 Å². The van der Waals surface area contributed by atoms with Gasteiger partial charge in [-0.3, -0.25) is 24.5 Å². The number of imide groups is 1. The number of hydrogen-bond donors (Lipinski definition) is 0. The molecule has 7 nitrogen and oxygen atoms in total. The summed E-state index contributed by atoms with van der Waals surface area (Å²) < 4.78 is 0. The van der Waals surface area contributed by atoms with Gasteiger partial charge in [0.05, 0.1) is 17.6 Å². The topological polar surface area (TPSA) is 89.8 Å². The van der Waals surface area contributed by atoms with Crippen molar-refractivity contribution in [3.8, 4) is 0 Å². The van der Waals surface area contributed by atoms with Crippen LogP contribution < -0.4 is 0 Å². The first-order valence-electron chi connectivity index (χ1n) is 4.93. The molecule has 18 heavy (non-hydrogen) atoms. The third kappa shape index (κ3) is 1.87. The second kappa shape index (κ2) is 4.38. The molecule has 0 N–H and O–H groups in total. The maximum atomic E-state index is 11.7. The van der Waals surface area contributed by atoms with E-state index in [4.69, 9.17) is 0 Å². The highest BCUT2D eigenvalue weighted by Gasteiger charge is 2.32. The van der Waals surface area contributed by atoms with E-state index in [1.165, 1.54) is 31.4 Å². The van der Waals surface area contributed by atoms with Gasteiger partial charge in [-0.1, -0.05) is 0 Å². The molecule has 0 radical (unpaired) electrons. The molecule has 92 valence electrons. The van der Waals surface area contributed by atoms with Gasteiger partial charge in [0, 0.05) is 18.2 Å².